The largest absolute Gasteiger partial charge is 0.498 e. The lowest BCUT2D eigenvalue weighted by molar-refractivity contribution is -0.0901. The van der Waals surface area contributed by atoms with E-state index < -0.39 is 18.8 Å². The van der Waals surface area contributed by atoms with Gasteiger partial charge >= 0.3 is 13.3 Å². The SMILES string of the molecule is C=C(B1OCCC(C)O1)C(F)(F)F. The van der Waals surface area contributed by atoms with Crippen LogP contribution in [-0.2, 0) is 9.31 Å². The van der Waals surface area contributed by atoms with Gasteiger partial charge in [0.25, 0.3) is 0 Å². The topological polar surface area (TPSA) is 18.5 Å². The summed E-state index contributed by atoms with van der Waals surface area (Å²) in [4.78, 5) is 0. The minimum absolute atomic E-state index is 0.210. The Morgan fingerprint density at radius 2 is 2.15 bits per heavy atom. The van der Waals surface area contributed by atoms with E-state index in [1.165, 1.54) is 0 Å². The molecule has 0 aliphatic carbocycles. The van der Waals surface area contributed by atoms with Crippen LogP contribution in [0.1, 0.15) is 13.3 Å². The summed E-state index contributed by atoms with van der Waals surface area (Å²) in [6, 6.07) is 0. The van der Waals surface area contributed by atoms with E-state index >= 15 is 0 Å². The van der Waals surface area contributed by atoms with Gasteiger partial charge in [-0.1, -0.05) is 6.58 Å². The zero-order chi connectivity index (χ0) is 10.1. The number of halogens is 3. The molecule has 74 valence electrons. The Morgan fingerprint density at radius 1 is 1.54 bits per heavy atom. The first kappa shape index (κ1) is 10.6. The first-order valence-electron chi connectivity index (χ1n) is 3.94. The lowest BCUT2D eigenvalue weighted by Gasteiger charge is -2.27. The average Bonchev–Trinajstić information content (AvgIpc) is 2.01. The number of hydrogen-bond acceptors (Lipinski definition) is 2. The van der Waals surface area contributed by atoms with Gasteiger partial charge in [-0.3, -0.25) is 0 Å². The highest BCUT2D eigenvalue weighted by Crippen LogP contribution is 2.28. The molecule has 1 saturated heterocycles. The highest BCUT2D eigenvalue weighted by atomic mass is 19.4. The quantitative estimate of drug-likeness (QED) is 0.594. The van der Waals surface area contributed by atoms with Crippen LogP contribution in [0.3, 0.4) is 0 Å². The van der Waals surface area contributed by atoms with Crippen LogP contribution in [-0.4, -0.2) is 26.0 Å². The summed E-state index contributed by atoms with van der Waals surface area (Å²) in [5, 5.41) is 0. The lowest BCUT2D eigenvalue weighted by Crippen LogP contribution is -2.40. The predicted molar refractivity (Wildman–Crippen MR) is 42.1 cm³/mol. The van der Waals surface area contributed by atoms with Gasteiger partial charge in [0.2, 0.25) is 0 Å². The van der Waals surface area contributed by atoms with Crippen molar-refractivity contribution < 1.29 is 22.5 Å². The molecular weight excluding hydrogens is 184 g/mol. The predicted octanol–water partition coefficient (Wildman–Crippen LogP) is 1.96. The summed E-state index contributed by atoms with van der Waals surface area (Å²) >= 11 is 0. The van der Waals surface area contributed by atoms with E-state index in [4.69, 9.17) is 9.31 Å². The van der Waals surface area contributed by atoms with Gasteiger partial charge in [-0.25, -0.2) is 0 Å². The minimum Gasteiger partial charge on any atom is -0.407 e. The molecule has 6 heteroatoms. The molecule has 0 N–H and O–H groups in total. The smallest absolute Gasteiger partial charge is 0.407 e. The number of hydrogen-bond donors (Lipinski definition) is 0. The molecule has 0 bridgehead atoms. The molecular formula is C7H10BF3O2. The van der Waals surface area contributed by atoms with E-state index in [-0.39, 0.29) is 12.7 Å². The Bertz CT molecular complexity index is 204. The third-order valence-electron chi connectivity index (χ3n) is 1.80. The van der Waals surface area contributed by atoms with Gasteiger partial charge in [0, 0.05) is 12.7 Å². The van der Waals surface area contributed by atoms with Gasteiger partial charge in [0.1, 0.15) is 0 Å². The average molecular weight is 194 g/mol. The van der Waals surface area contributed by atoms with Crippen LogP contribution in [0.25, 0.3) is 0 Å². The molecule has 1 rings (SSSR count). The number of rotatable bonds is 1. The first-order valence-corrected chi connectivity index (χ1v) is 3.94. The Kier molecular flexibility index (Phi) is 3.03. The molecule has 0 amide bonds. The normalized spacial score (nSPS) is 24.6. The van der Waals surface area contributed by atoms with Gasteiger partial charge in [-0.05, 0) is 13.3 Å². The molecule has 13 heavy (non-hydrogen) atoms. The summed E-state index contributed by atoms with van der Waals surface area (Å²) in [6.45, 7) is 4.90. The maximum absolute atomic E-state index is 12.1. The monoisotopic (exact) mass is 194 g/mol. The van der Waals surface area contributed by atoms with Gasteiger partial charge in [0.05, 0.1) is 5.47 Å². The van der Waals surface area contributed by atoms with Crippen molar-refractivity contribution in [3.8, 4) is 0 Å². The van der Waals surface area contributed by atoms with Crippen molar-refractivity contribution in [3.63, 3.8) is 0 Å². The molecule has 1 fully saturated rings. The van der Waals surface area contributed by atoms with Gasteiger partial charge in [0.15, 0.2) is 0 Å². The summed E-state index contributed by atoms with van der Waals surface area (Å²) in [5.74, 6) is 0. The third-order valence-corrected chi connectivity index (χ3v) is 1.80. The van der Waals surface area contributed by atoms with Crippen molar-refractivity contribution in [2.24, 2.45) is 0 Å². The number of alkyl halides is 3. The molecule has 1 atom stereocenters. The van der Waals surface area contributed by atoms with Crippen LogP contribution in [0.15, 0.2) is 12.1 Å². The molecule has 0 saturated carbocycles. The summed E-state index contributed by atoms with van der Waals surface area (Å²) in [7, 11) is -1.33. The fourth-order valence-electron chi connectivity index (χ4n) is 0.976. The fourth-order valence-corrected chi connectivity index (χ4v) is 0.976. The van der Waals surface area contributed by atoms with Crippen molar-refractivity contribution in [2.45, 2.75) is 25.6 Å². The van der Waals surface area contributed by atoms with E-state index in [1.807, 2.05) is 0 Å². The second-order valence-electron chi connectivity index (χ2n) is 2.96. The molecule has 0 radical (unpaired) electrons. The Hall–Kier alpha value is -0.485. The van der Waals surface area contributed by atoms with Crippen LogP contribution in [0.2, 0.25) is 0 Å². The Morgan fingerprint density at radius 3 is 2.62 bits per heavy atom. The van der Waals surface area contributed by atoms with Crippen LogP contribution < -0.4 is 0 Å². The lowest BCUT2D eigenvalue weighted by atomic mass is 9.77. The van der Waals surface area contributed by atoms with E-state index in [0.29, 0.717) is 6.42 Å². The maximum atomic E-state index is 12.1. The second kappa shape index (κ2) is 3.71. The molecule has 0 aromatic rings. The fraction of sp³-hybridized carbons (Fsp3) is 0.714. The molecule has 0 spiro atoms. The van der Waals surface area contributed by atoms with E-state index in [1.54, 1.807) is 6.92 Å². The highest BCUT2D eigenvalue weighted by Gasteiger charge is 2.44. The highest BCUT2D eigenvalue weighted by molar-refractivity contribution is 6.54. The summed E-state index contributed by atoms with van der Waals surface area (Å²) in [6.07, 6.45) is -4.04. The van der Waals surface area contributed by atoms with Crippen LogP contribution in [0.4, 0.5) is 13.2 Å². The summed E-state index contributed by atoms with van der Waals surface area (Å²) in [5.41, 5.74) is -0.973. The molecule has 0 aromatic heterocycles. The van der Waals surface area contributed by atoms with Gasteiger partial charge in [-0.15, -0.1) is 0 Å². The third kappa shape index (κ3) is 2.74. The van der Waals surface area contributed by atoms with Crippen molar-refractivity contribution >= 4 is 7.12 Å². The van der Waals surface area contributed by atoms with Crippen LogP contribution >= 0.6 is 0 Å². The Labute approximate surface area is 74.8 Å². The molecule has 2 nitrogen and oxygen atoms in total. The molecule has 1 unspecified atom stereocenters. The van der Waals surface area contributed by atoms with Crippen LogP contribution in [0, 0.1) is 0 Å². The van der Waals surface area contributed by atoms with Crippen molar-refractivity contribution in [3.05, 3.63) is 12.1 Å². The van der Waals surface area contributed by atoms with Gasteiger partial charge in [-0.2, -0.15) is 13.2 Å². The van der Waals surface area contributed by atoms with E-state index in [2.05, 4.69) is 6.58 Å². The molecule has 1 aliphatic heterocycles. The number of allylic oxidation sites excluding steroid dienone is 1. The standard InChI is InChI=1S/C7H10BF3O2/c1-5-3-4-12-8(13-5)6(2)7(9,10)11/h5H,2-4H2,1H3. The van der Waals surface area contributed by atoms with Gasteiger partial charge < -0.3 is 9.31 Å². The minimum atomic E-state index is -4.44. The van der Waals surface area contributed by atoms with E-state index in [0.717, 1.165) is 0 Å². The maximum Gasteiger partial charge on any atom is 0.498 e. The second-order valence-corrected chi connectivity index (χ2v) is 2.96. The molecule has 1 heterocycles. The van der Waals surface area contributed by atoms with Crippen molar-refractivity contribution in [1.29, 1.82) is 0 Å². The van der Waals surface area contributed by atoms with Crippen molar-refractivity contribution in [1.82, 2.24) is 0 Å². The first-order chi connectivity index (χ1) is 5.91. The van der Waals surface area contributed by atoms with Crippen LogP contribution in [0.5, 0.6) is 0 Å². The molecule has 0 aromatic carbocycles. The summed E-state index contributed by atoms with van der Waals surface area (Å²) < 4.78 is 46.0. The zero-order valence-corrected chi connectivity index (χ0v) is 7.23. The zero-order valence-electron chi connectivity index (χ0n) is 7.23. The molecule has 1 aliphatic rings. The Balaban J connectivity index is 2.56. The van der Waals surface area contributed by atoms with Crippen molar-refractivity contribution in [2.75, 3.05) is 6.61 Å². The van der Waals surface area contributed by atoms with E-state index in [9.17, 15) is 13.2 Å².